The third-order valence-electron chi connectivity index (χ3n) is 5.15. The molecule has 0 radical (unpaired) electrons. The minimum atomic E-state index is -5.19. The monoisotopic (exact) mass is 595 g/mol. The number of hydrogen-bond acceptors (Lipinski definition) is 8. The zero-order valence-corrected chi connectivity index (χ0v) is 21.4. The fraction of sp³-hybridized carbons (Fsp3) is 0.360. The van der Waals surface area contributed by atoms with Gasteiger partial charge in [0.2, 0.25) is 5.91 Å². The Kier molecular flexibility index (Phi) is 13.9. The van der Waals surface area contributed by atoms with Crippen molar-refractivity contribution in [2.24, 2.45) is 0 Å². The number of primary amides is 1. The summed E-state index contributed by atoms with van der Waals surface area (Å²) in [5, 5.41) is 21.8. The van der Waals surface area contributed by atoms with E-state index < -0.39 is 60.7 Å². The number of quaternary nitrogens is 1. The van der Waals surface area contributed by atoms with Gasteiger partial charge in [0.25, 0.3) is 0 Å². The lowest BCUT2D eigenvalue weighted by molar-refractivity contribution is -0.815. The Balaban J connectivity index is 0.00000106. The van der Waals surface area contributed by atoms with E-state index in [0.717, 1.165) is 6.92 Å². The van der Waals surface area contributed by atoms with Gasteiger partial charge in [-0.25, -0.2) is 14.8 Å². The smallest absolute Gasteiger partial charge is 0.430 e. The van der Waals surface area contributed by atoms with Crippen molar-refractivity contribution in [3.05, 3.63) is 71.8 Å². The molecule has 0 aliphatic rings. The van der Waals surface area contributed by atoms with Gasteiger partial charge in [-0.2, -0.15) is 26.3 Å². The molecular formula is C25H27F6N3O7. The van der Waals surface area contributed by atoms with Gasteiger partial charge in [-0.3, -0.25) is 10.1 Å². The molecule has 0 bridgehead atoms. The van der Waals surface area contributed by atoms with Crippen LogP contribution in [0.4, 0.5) is 26.3 Å². The standard InChI is InChI=1S/C23H26F3N3O5.C2HF3O2/c1-15(21(31)29-33)27-19(23(24,25)26)13-20(30)28-18(12-16-8-4-2-5-9-16)22(32)34-14-17-10-6-3-7-11-17;3-2(4,5)1(6)7/h2-11,15,18-19,27,33H,12-14H2,1H3,(H,28,30)(H,29,31);(H,6,7)/t15-,18-,19?;/m0./s1. The second-order valence-electron chi connectivity index (χ2n) is 8.41. The molecule has 16 heteroatoms. The van der Waals surface area contributed by atoms with E-state index in [1.807, 2.05) is 5.32 Å². The number of alkyl halides is 6. The Hall–Kier alpha value is -4.02. The molecular weight excluding hydrogens is 568 g/mol. The van der Waals surface area contributed by atoms with Crippen molar-refractivity contribution in [3.8, 4) is 0 Å². The van der Waals surface area contributed by atoms with Gasteiger partial charge >= 0.3 is 24.2 Å². The molecule has 2 amide bonds. The van der Waals surface area contributed by atoms with E-state index in [0.29, 0.717) is 11.1 Å². The summed E-state index contributed by atoms with van der Waals surface area (Å²) >= 11 is 0. The third kappa shape index (κ3) is 13.7. The fourth-order valence-corrected chi connectivity index (χ4v) is 3.08. The predicted octanol–water partition coefficient (Wildman–Crippen LogP) is 0.534. The van der Waals surface area contributed by atoms with Gasteiger partial charge in [0.05, 0.1) is 6.42 Å². The number of carboxylic acid groups (broad SMARTS) is 1. The molecule has 3 atom stereocenters. The summed E-state index contributed by atoms with van der Waals surface area (Å²) in [5.41, 5.74) is 1.54. The minimum Gasteiger partial charge on any atom is -0.542 e. The number of nitrogens with one attached hydrogen (secondary N) is 2. The largest absolute Gasteiger partial charge is 0.542 e. The summed E-state index contributed by atoms with van der Waals surface area (Å²) in [4.78, 5) is 45.4. The van der Waals surface area contributed by atoms with Crippen LogP contribution >= 0.6 is 0 Å². The van der Waals surface area contributed by atoms with Crippen LogP contribution in [0, 0.1) is 0 Å². The molecule has 2 rings (SSSR count). The van der Waals surface area contributed by atoms with E-state index in [1.165, 1.54) is 0 Å². The van der Waals surface area contributed by atoms with Gasteiger partial charge in [-0.15, -0.1) is 5.48 Å². The Bertz CT molecular complexity index is 1130. The predicted molar refractivity (Wildman–Crippen MR) is 125 cm³/mol. The van der Waals surface area contributed by atoms with Crippen molar-refractivity contribution < 1.29 is 66.1 Å². The van der Waals surface area contributed by atoms with E-state index in [-0.39, 0.29) is 18.5 Å². The summed E-state index contributed by atoms with van der Waals surface area (Å²) in [6.45, 7) is 1.07. The summed E-state index contributed by atoms with van der Waals surface area (Å²) in [7, 11) is 0. The van der Waals surface area contributed by atoms with Crippen LogP contribution < -0.4 is 21.2 Å². The van der Waals surface area contributed by atoms with Crippen LogP contribution in [0.1, 0.15) is 24.5 Å². The van der Waals surface area contributed by atoms with Gasteiger partial charge in [0, 0.05) is 6.42 Å². The first-order valence-electron chi connectivity index (χ1n) is 11.7. The first kappa shape index (κ1) is 35.0. The number of amides is 2. The summed E-state index contributed by atoms with van der Waals surface area (Å²) in [5.74, 6) is -5.83. The molecule has 2 aromatic carbocycles. The van der Waals surface area contributed by atoms with Gasteiger partial charge < -0.3 is 20.0 Å². The molecule has 0 saturated heterocycles. The van der Waals surface area contributed by atoms with Gasteiger partial charge in [0.1, 0.15) is 30.7 Å². The summed E-state index contributed by atoms with van der Waals surface area (Å²) in [6, 6.07) is 12.5. The lowest BCUT2D eigenvalue weighted by atomic mass is 10.0. The van der Waals surface area contributed by atoms with Crippen LogP contribution in [0.2, 0.25) is 0 Å². The highest BCUT2D eigenvalue weighted by molar-refractivity contribution is 5.85. The molecule has 0 spiro atoms. The van der Waals surface area contributed by atoms with Crippen molar-refractivity contribution in [2.45, 2.75) is 56.9 Å². The number of esters is 1. The van der Waals surface area contributed by atoms with Crippen LogP contribution in [0.15, 0.2) is 60.7 Å². The zero-order chi connectivity index (χ0) is 31.2. The molecule has 0 saturated carbocycles. The number of hydroxylamine groups is 1. The van der Waals surface area contributed by atoms with Crippen molar-refractivity contribution in [3.63, 3.8) is 0 Å². The van der Waals surface area contributed by atoms with Crippen molar-refractivity contribution in [2.75, 3.05) is 0 Å². The molecule has 226 valence electrons. The van der Waals surface area contributed by atoms with E-state index in [4.69, 9.17) is 19.8 Å². The number of carboxylic acids is 1. The number of nitrogens with two attached hydrogens (primary N) is 1. The number of hydrogen-bond donors (Lipinski definition) is 4. The first-order chi connectivity index (χ1) is 19.0. The highest BCUT2D eigenvalue weighted by Crippen LogP contribution is 2.23. The fourth-order valence-electron chi connectivity index (χ4n) is 3.08. The van der Waals surface area contributed by atoms with Crippen LogP contribution in [-0.2, 0) is 36.9 Å². The normalized spacial score (nSPS) is 13.6. The van der Waals surface area contributed by atoms with E-state index in [9.17, 15) is 40.7 Å². The first-order valence-corrected chi connectivity index (χ1v) is 11.7. The number of rotatable bonds is 11. The van der Waals surface area contributed by atoms with Crippen LogP contribution in [-0.4, -0.2) is 59.4 Å². The topological polar surface area (TPSA) is 161 Å². The molecule has 0 heterocycles. The van der Waals surface area contributed by atoms with Gasteiger partial charge in [0.15, 0.2) is 0 Å². The lowest BCUT2D eigenvalue weighted by Crippen LogP contribution is -2.88. The van der Waals surface area contributed by atoms with E-state index >= 15 is 0 Å². The number of aliphatic carboxylic acids is 1. The SMILES string of the molecule is C[C@H](NC(CC(=O)N[C@@H](Cc1ccccc1)C(=O)OCc1ccccc1)C(F)(F)F)C(=O)[NH2+]O.O=C([O-])C(F)(F)F. The van der Waals surface area contributed by atoms with E-state index in [2.05, 4.69) is 5.32 Å². The Morgan fingerprint density at radius 2 is 1.41 bits per heavy atom. The lowest BCUT2D eigenvalue weighted by Gasteiger charge is -2.24. The molecule has 0 aliphatic heterocycles. The maximum Gasteiger partial charge on any atom is 0.430 e. The van der Waals surface area contributed by atoms with E-state index in [1.54, 1.807) is 60.7 Å². The number of ether oxygens (including phenoxy) is 1. The van der Waals surface area contributed by atoms with Crippen LogP contribution in [0.25, 0.3) is 0 Å². The average molecular weight is 595 g/mol. The summed E-state index contributed by atoms with van der Waals surface area (Å²) < 4.78 is 77.2. The molecule has 0 fully saturated rings. The zero-order valence-electron chi connectivity index (χ0n) is 21.4. The average Bonchev–Trinajstić information content (AvgIpc) is 2.90. The Morgan fingerprint density at radius 1 is 0.927 bits per heavy atom. The number of carbonyl (C=O) groups is 4. The second kappa shape index (κ2) is 16.3. The highest BCUT2D eigenvalue weighted by atomic mass is 19.4. The maximum atomic E-state index is 13.4. The third-order valence-corrected chi connectivity index (χ3v) is 5.15. The molecule has 0 aromatic heterocycles. The van der Waals surface area contributed by atoms with Crippen LogP contribution in [0.3, 0.4) is 0 Å². The Morgan fingerprint density at radius 3 is 1.85 bits per heavy atom. The van der Waals surface area contributed by atoms with Gasteiger partial charge in [-0.05, 0) is 18.1 Å². The van der Waals surface area contributed by atoms with Gasteiger partial charge in [-0.1, -0.05) is 60.7 Å². The second-order valence-corrected chi connectivity index (χ2v) is 8.41. The number of halogens is 6. The Labute approximate surface area is 229 Å². The van der Waals surface area contributed by atoms with Crippen LogP contribution in [0.5, 0.6) is 0 Å². The molecule has 2 aromatic rings. The highest BCUT2D eigenvalue weighted by Gasteiger charge is 2.43. The summed E-state index contributed by atoms with van der Waals surface area (Å²) in [6.07, 6.45) is -11.1. The number of carbonyl (C=O) groups excluding carboxylic acids is 4. The van der Waals surface area contributed by atoms with Crippen molar-refractivity contribution in [1.29, 1.82) is 0 Å². The molecule has 5 N–H and O–H groups in total. The maximum absolute atomic E-state index is 13.4. The molecule has 1 unspecified atom stereocenters. The minimum absolute atomic E-state index is 0.0126. The van der Waals surface area contributed by atoms with Crippen molar-refractivity contribution in [1.82, 2.24) is 10.6 Å². The number of benzene rings is 2. The molecule has 10 nitrogen and oxygen atoms in total. The van der Waals surface area contributed by atoms with Crippen molar-refractivity contribution >= 4 is 23.8 Å². The quantitative estimate of drug-likeness (QED) is 0.127. The molecule has 0 aliphatic carbocycles. The molecule has 41 heavy (non-hydrogen) atoms.